The smallest absolute Gasteiger partial charge is 0.326 e. The molecule has 208 valence electrons. The Morgan fingerprint density at radius 2 is 1.82 bits per heavy atom. The number of aryl methyl sites for hydroxylation is 2. The summed E-state index contributed by atoms with van der Waals surface area (Å²) in [7, 11) is 5.04. The number of benzene rings is 1. The van der Waals surface area contributed by atoms with Crippen LogP contribution in [0.25, 0.3) is 22.4 Å². The second kappa shape index (κ2) is 13.1. The molecule has 2 N–H and O–H groups in total. The minimum absolute atomic E-state index is 0.0516. The summed E-state index contributed by atoms with van der Waals surface area (Å²) < 4.78 is 19.9. The van der Waals surface area contributed by atoms with E-state index in [1.165, 1.54) is 0 Å². The van der Waals surface area contributed by atoms with Gasteiger partial charge in [-0.15, -0.1) is 0 Å². The number of esters is 1. The summed E-state index contributed by atoms with van der Waals surface area (Å²) >= 11 is 0. The Labute approximate surface area is 223 Å². The molecule has 38 heavy (non-hydrogen) atoms. The summed E-state index contributed by atoms with van der Waals surface area (Å²) in [5, 5.41) is 13.2. The first-order valence-corrected chi connectivity index (χ1v) is 12.9. The van der Waals surface area contributed by atoms with Gasteiger partial charge in [0, 0.05) is 45.1 Å². The highest BCUT2D eigenvalue weighted by atomic mass is 16.5. The van der Waals surface area contributed by atoms with E-state index in [4.69, 9.17) is 19.2 Å². The largest absolute Gasteiger partial charge is 0.462 e. The molecule has 0 spiro atoms. The number of ether oxygens (including phenoxy) is 3. The Hall–Kier alpha value is -3.05. The van der Waals surface area contributed by atoms with Crippen LogP contribution in [-0.2, 0) is 32.5 Å². The molecule has 2 atom stereocenters. The third-order valence-corrected chi connectivity index (χ3v) is 6.32. The topological polar surface area (TPSA) is 117 Å². The van der Waals surface area contributed by atoms with Crippen LogP contribution in [0.1, 0.15) is 37.9 Å². The Balaban J connectivity index is 1.96. The number of aliphatic hydroxyl groups excluding tert-OH is 1. The van der Waals surface area contributed by atoms with Crippen molar-refractivity contribution in [3.8, 4) is 11.4 Å². The molecule has 0 aliphatic heterocycles. The Kier molecular flexibility index (Phi) is 10.2. The normalized spacial score (nSPS) is 13.4. The highest BCUT2D eigenvalue weighted by Crippen LogP contribution is 2.30. The van der Waals surface area contributed by atoms with E-state index in [0.717, 1.165) is 28.0 Å². The van der Waals surface area contributed by atoms with Gasteiger partial charge in [-0.05, 0) is 57.9 Å². The number of aliphatic hydroxyl groups is 1. The van der Waals surface area contributed by atoms with Gasteiger partial charge in [0.1, 0.15) is 11.9 Å². The molecule has 0 unspecified atom stereocenters. The molecule has 10 nitrogen and oxygen atoms in total. The summed E-state index contributed by atoms with van der Waals surface area (Å²) in [6, 6.07) is 6.99. The Bertz CT molecular complexity index is 1260. The Morgan fingerprint density at radius 3 is 2.39 bits per heavy atom. The lowest BCUT2D eigenvalue weighted by molar-refractivity contribution is -0.152. The van der Waals surface area contributed by atoms with Gasteiger partial charge in [0.05, 0.1) is 42.5 Å². The third-order valence-electron chi connectivity index (χ3n) is 6.32. The molecule has 0 aliphatic rings. The van der Waals surface area contributed by atoms with Gasteiger partial charge in [-0.25, -0.2) is 4.98 Å². The summed E-state index contributed by atoms with van der Waals surface area (Å²) in [6.07, 6.45) is 1.27. The van der Waals surface area contributed by atoms with Crippen molar-refractivity contribution in [3.05, 3.63) is 51.9 Å². The minimum Gasteiger partial charge on any atom is -0.462 e. The first-order valence-electron chi connectivity index (χ1n) is 12.9. The monoisotopic (exact) mass is 528 g/mol. The fourth-order valence-electron chi connectivity index (χ4n) is 4.58. The lowest BCUT2D eigenvalue weighted by Crippen LogP contribution is -2.47. The quantitative estimate of drug-likeness (QED) is 0.325. The van der Waals surface area contributed by atoms with Gasteiger partial charge in [-0.3, -0.25) is 9.59 Å². The molecule has 3 rings (SSSR count). The number of rotatable bonds is 13. The van der Waals surface area contributed by atoms with E-state index >= 15 is 0 Å². The van der Waals surface area contributed by atoms with Gasteiger partial charge in [0.25, 0.3) is 5.56 Å². The first kappa shape index (κ1) is 29.5. The molecular weight excluding hydrogens is 488 g/mol. The van der Waals surface area contributed by atoms with Crippen LogP contribution in [0.2, 0.25) is 0 Å². The van der Waals surface area contributed by atoms with Gasteiger partial charge in [-0.2, -0.15) is 0 Å². The number of carbonyl (C=O) groups excluding carboxylic acids is 1. The highest BCUT2D eigenvalue weighted by molar-refractivity contribution is 5.81. The van der Waals surface area contributed by atoms with E-state index in [-0.39, 0.29) is 17.7 Å². The highest BCUT2D eigenvalue weighted by Gasteiger charge is 2.26. The van der Waals surface area contributed by atoms with Crippen LogP contribution in [-0.4, -0.2) is 77.4 Å². The van der Waals surface area contributed by atoms with Crippen LogP contribution >= 0.6 is 0 Å². The van der Waals surface area contributed by atoms with Gasteiger partial charge in [0.2, 0.25) is 0 Å². The number of carbonyl (C=O) groups is 1. The number of nitrogens with one attached hydrogen (secondary N) is 1. The average molecular weight is 529 g/mol. The lowest BCUT2D eigenvalue weighted by Gasteiger charge is -2.21. The SMILES string of the molecule is COCC(COC)n1c(-c2cc(C)c(=O)n(C)c2)nc2cc(CCN[C@H](C(=O)OC(C)C)[C@@H](C)O)ccc21. The van der Waals surface area contributed by atoms with E-state index in [2.05, 4.69) is 9.88 Å². The molecule has 0 radical (unpaired) electrons. The van der Waals surface area contributed by atoms with E-state index in [1.807, 2.05) is 24.3 Å². The number of nitrogens with zero attached hydrogens (tertiary/aromatic N) is 3. The maximum absolute atomic E-state index is 12.3. The van der Waals surface area contributed by atoms with Crippen LogP contribution in [0.15, 0.2) is 35.3 Å². The molecular formula is C28H40N4O6. The van der Waals surface area contributed by atoms with Crippen molar-refractivity contribution in [3.63, 3.8) is 0 Å². The fourth-order valence-corrected chi connectivity index (χ4v) is 4.58. The van der Waals surface area contributed by atoms with Crippen LogP contribution in [0.3, 0.4) is 0 Å². The molecule has 0 fully saturated rings. The molecule has 0 saturated heterocycles. The molecule has 0 aliphatic carbocycles. The zero-order valence-corrected chi connectivity index (χ0v) is 23.4. The third kappa shape index (κ3) is 6.87. The van der Waals surface area contributed by atoms with Crippen molar-refractivity contribution in [1.82, 2.24) is 19.4 Å². The minimum atomic E-state index is -0.884. The summed E-state index contributed by atoms with van der Waals surface area (Å²) in [6.45, 7) is 8.24. The maximum atomic E-state index is 12.3. The molecule has 3 aromatic rings. The zero-order valence-electron chi connectivity index (χ0n) is 23.4. The van der Waals surface area contributed by atoms with Crippen molar-refractivity contribution in [1.29, 1.82) is 0 Å². The predicted octanol–water partition coefficient (Wildman–Crippen LogP) is 2.38. The van der Waals surface area contributed by atoms with Gasteiger partial charge < -0.3 is 33.8 Å². The maximum Gasteiger partial charge on any atom is 0.326 e. The molecule has 0 bridgehead atoms. The standard InChI is InChI=1S/C28H40N4O6/c1-17(2)38-28(35)25(19(4)33)29-11-10-20-8-9-24-23(13-20)30-26(32(24)22(15-36-6)16-37-7)21-12-18(3)27(34)31(5)14-21/h8-9,12-14,17,19,22,25,29,33H,10-11,15-16H2,1-7H3/t19-,25+/m1/s1. The number of pyridine rings is 1. The van der Waals surface area contributed by atoms with Crippen molar-refractivity contribution in [2.45, 2.75) is 58.4 Å². The van der Waals surface area contributed by atoms with Crippen LogP contribution in [0.5, 0.6) is 0 Å². The van der Waals surface area contributed by atoms with Crippen molar-refractivity contribution in [2.75, 3.05) is 34.0 Å². The molecule has 1 aromatic carbocycles. The summed E-state index contributed by atoms with van der Waals surface area (Å²) in [5.41, 5.74) is 4.15. The van der Waals surface area contributed by atoms with Crippen molar-refractivity contribution in [2.24, 2.45) is 7.05 Å². The van der Waals surface area contributed by atoms with Crippen LogP contribution in [0, 0.1) is 6.92 Å². The fraction of sp³-hybridized carbons (Fsp3) is 0.536. The van der Waals surface area contributed by atoms with Gasteiger partial charge >= 0.3 is 5.97 Å². The van der Waals surface area contributed by atoms with Gasteiger partial charge in [0.15, 0.2) is 0 Å². The summed E-state index contributed by atoms with van der Waals surface area (Å²) in [4.78, 5) is 29.6. The second-order valence-electron chi connectivity index (χ2n) is 9.93. The number of imidazole rings is 1. The van der Waals surface area contributed by atoms with Crippen molar-refractivity contribution < 1.29 is 24.1 Å². The second-order valence-corrected chi connectivity index (χ2v) is 9.93. The zero-order chi connectivity index (χ0) is 28.0. The molecule has 0 saturated carbocycles. The number of fused-ring (bicyclic) bond motifs is 1. The number of hydrogen-bond acceptors (Lipinski definition) is 8. The number of methoxy groups -OCH3 is 2. The van der Waals surface area contributed by atoms with Crippen LogP contribution in [0.4, 0.5) is 0 Å². The van der Waals surface area contributed by atoms with E-state index in [0.29, 0.717) is 31.7 Å². The number of aromatic nitrogens is 3. The van der Waals surface area contributed by atoms with E-state index < -0.39 is 18.1 Å². The lowest BCUT2D eigenvalue weighted by atomic mass is 10.1. The summed E-state index contributed by atoms with van der Waals surface area (Å²) in [5.74, 6) is 0.252. The molecule has 2 aromatic heterocycles. The predicted molar refractivity (Wildman–Crippen MR) is 146 cm³/mol. The van der Waals surface area contributed by atoms with E-state index in [9.17, 15) is 14.7 Å². The molecule has 2 heterocycles. The Morgan fingerprint density at radius 1 is 1.13 bits per heavy atom. The van der Waals surface area contributed by atoms with E-state index in [1.54, 1.807) is 59.7 Å². The molecule has 10 heteroatoms. The number of hydrogen-bond donors (Lipinski definition) is 2. The van der Waals surface area contributed by atoms with Gasteiger partial charge in [-0.1, -0.05) is 6.07 Å². The average Bonchev–Trinajstić information content (AvgIpc) is 3.22. The van der Waals surface area contributed by atoms with Crippen molar-refractivity contribution >= 4 is 17.0 Å². The molecule has 0 amide bonds. The van der Waals surface area contributed by atoms with Crippen LogP contribution < -0.4 is 10.9 Å². The first-order chi connectivity index (χ1) is 18.1.